The lowest BCUT2D eigenvalue weighted by Gasteiger charge is -2.36. The zero-order valence-electron chi connectivity index (χ0n) is 18.1. The highest BCUT2D eigenvalue weighted by molar-refractivity contribution is 6.45. The number of rotatable bonds is 5. The van der Waals surface area contributed by atoms with Crippen LogP contribution in [0.3, 0.4) is 0 Å². The van der Waals surface area contributed by atoms with Gasteiger partial charge >= 0.3 is 0 Å². The molecule has 2 amide bonds. The predicted molar refractivity (Wildman–Crippen MR) is 117 cm³/mol. The molecule has 0 aliphatic carbocycles. The Balaban J connectivity index is 1.81. The summed E-state index contributed by atoms with van der Waals surface area (Å²) >= 11 is 0. The number of halogens is 2. The van der Waals surface area contributed by atoms with Crippen LogP contribution in [0.5, 0.6) is 0 Å². The fraction of sp³-hybridized carbons (Fsp3) is 0.333. The van der Waals surface area contributed by atoms with Crippen molar-refractivity contribution in [1.82, 2.24) is 9.80 Å². The number of benzene rings is 2. The molecule has 8 heteroatoms. The van der Waals surface area contributed by atoms with E-state index in [0.29, 0.717) is 38.3 Å². The molecule has 0 radical (unpaired) electrons. The summed E-state index contributed by atoms with van der Waals surface area (Å²) in [5, 5.41) is 9.19. The number of aliphatic hydroxyl groups is 1. The highest BCUT2D eigenvalue weighted by Crippen LogP contribution is 2.37. The van der Waals surface area contributed by atoms with Crippen molar-refractivity contribution < 1.29 is 23.5 Å². The summed E-state index contributed by atoms with van der Waals surface area (Å²) in [4.78, 5) is 31.7. The molecule has 168 valence electrons. The van der Waals surface area contributed by atoms with Gasteiger partial charge in [-0.15, -0.1) is 0 Å². The molecule has 4 rings (SSSR count). The van der Waals surface area contributed by atoms with Gasteiger partial charge in [-0.25, -0.2) is 13.7 Å². The molecular formula is C24H25F2N3O3. The molecule has 2 aliphatic rings. The van der Waals surface area contributed by atoms with Gasteiger partial charge in [0, 0.05) is 38.8 Å². The number of aliphatic hydroxyl groups excluding tert-OH is 1. The van der Waals surface area contributed by atoms with E-state index in [1.807, 2.05) is 30.9 Å². The fourth-order valence-electron chi connectivity index (χ4n) is 4.36. The third-order valence-electron chi connectivity index (χ3n) is 5.96. The van der Waals surface area contributed by atoms with Crippen LogP contribution in [0.25, 0.3) is 5.57 Å². The lowest BCUT2D eigenvalue weighted by molar-refractivity contribution is -0.120. The van der Waals surface area contributed by atoms with Crippen LogP contribution in [0.15, 0.2) is 42.1 Å². The summed E-state index contributed by atoms with van der Waals surface area (Å²) in [5.74, 6) is -2.91. The lowest BCUT2D eigenvalue weighted by atomic mass is 9.97. The maximum absolute atomic E-state index is 14.6. The normalized spacial score (nSPS) is 17.7. The van der Waals surface area contributed by atoms with E-state index in [0.717, 1.165) is 34.2 Å². The fourth-order valence-corrected chi connectivity index (χ4v) is 4.36. The number of β-amino-alcohol motifs (C(OH)–C–C–N with tert-alkyl or cyclic N) is 1. The molecule has 0 aromatic heterocycles. The number of hydrogen-bond acceptors (Lipinski definition) is 5. The van der Waals surface area contributed by atoms with E-state index in [1.165, 1.54) is 0 Å². The lowest BCUT2D eigenvalue weighted by Crippen LogP contribution is -2.48. The van der Waals surface area contributed by atoms with Crippen LogP contribution in [-0.2, 0) is 9.59 Å². The van der Waals surface area contributed by atoms with E-state index in [9.17, 15) is 23.5 Å². The SMILES string of the molecule is Cc1ccc(C2=C(N3CCN(CCO)CC3)C(=O)N(c3cc(F)ccc3F)C2=O)c(C)c1. The maximum atomic E-state index is 14.6. The average Bonchev–Trinajstić information content (AvgIpc) is 3.01. The second-order valence-corrected chi connectivity index (χ2v) is 8.14. The topological polar surface area (TPSA) is 64.1 Å². The van der Waals surface area contributed by atoms with Gasteiger partial charge in [-0.2, -0.15) is 0 Å². The maximum Gasteiger partial charge on any atom is 0.282 e. The average molecular weight is 441 g/mol. The monoisotopic (exact) mass is 441 g/mol. The number of aryl methyl sites for hydroxylation is 2. The minimum atomic E-state index is -0.845. The van der Waals surface area contributed by atoms with Crippen molar-refractivity contribution in [2.75, 3.05) is 44.2 Å². The molecule has 1 saturated heterocycles. The summed E-state index contributed by atoms with van der Waals surface area (Å²) in [6, 6.07) is 8.29. The van der Waals surface area contributed by atoms with Gasteiger partial charge in [0.15, 0.2) is 0 Å². The molecule has 2 aromatic rings. The Labute approximate surface area is 185 Å². The number of amides is 2. The molecule has 0 saturated carbocycles. The van der Waals surface area contributed by atoms with Crippen LogP contribution >= 0.6 is 0 Å². The van der Waals surface area contributed by atoms with Crippen molar-refractivity contribution in [3.05, 3.63) is 70.4 Å². The first-order chi connectivity index (χ1) is 15.3. The van der Waals surface area contributed by atoms with Gasteiger partial charge in [0.2, 0.25) is 0 Å². The van der Waals surface area contributed by atoms with Crippen molar-refractivity contribution in [2.24, 2.45) is 0 Å². The Bertz CT molecular complexity index is 1110. The Morgan fingerprint density at radius 3 is 2.31 bits per heavy atom. The first-order valence-electron chi connectivity index (χ1n) is 10.6. The molecule has 2 aliphatic heterocycles. The van der Waals surface area contributed by atoms with E-state index in [-0.39, 0.29) is 17.9 Å². The number of carbonyl (C=O) groups is 2. The second-order valence-electron chi connectivity index (χ2n) is 8.14. The van der Waals surface area contributed by atoms with E-state index in [2.05, 4.69) is 4.90 Å². The Morgan fingerprint density at radius 1 is 0.938 bits per heavy atom. The Kier molecular flexibility index (Phi) is 6.08. The third kappa shape index (κ3) is 3.91. The largest absolute Gasteiger partial charge is 0.395 e. The van der Waals surface area contributed by atoms with Gasteiger partial charge < -0.3 is 10.0 Å². The van der Waals surface area contributed by atoms with Crippen molar-refractivity contribution in [3.63, 3.8) is 0 Å². The quantitative estimate of drug-likeness (QED) is 0.723. The van der Waals surface area contributed by atoms with Crippen LogP contribution in [0.2, 0.25) is 0 Å². The van der Waals surface area contributed by atoms with E-state index < -0.39 is 29.1 Å². The molecule has 32 heavy (non-hydrogen) atoms. The van der Waals surface area contributed by atoms with E-state index in [4.69, 9.17) is 0 Å². The number of carbonyl (C=O) groups excluding carboxylic acids is 2. The van der Waals surface area contributed by atoms with Crippen LogP contribution in [0.1, 0.15) is 16.7 Å². The molecule has 2 aromatic carbocycles. The van der Waals surface area contributed by atoms with Crippen molar-refractivity contribution >= 4 is 23.1 Å². The molecule has 0 spiro atoms. The Hall–Kier alpha value is -3.10. The van der Waals surface area contributed by atoms with Crippen molar-refractivity contribution in [3.8, 4) is 0 Å². The second kappa shape index (κ2) is 8.80. The highest BCUT2D eigenvalue weighted by Gasteiger charge is 2.44. The predicted octanol–water partition coefficient (Wildman–Crippen LogP) is 2.48. The van der Waals surface area contributed by atoms with Crippen LogP contribution in [-0.4, -0.2) is 66.1 Å². The summed E-state index contributed by atoms with van der Waals surface area (Å²) in [6.07, 6.45) is 0. The highest BCUT2D eigenvalue weighted by atomic mass is 19.1. The molecular weight excluding hydrogens is 416 g/mol. The first kappa shape index (κ1) is 22.1. The molecule has 2 heterocycles. The molecule has 1 fully saturated rings. The number of piperazine rings is 1. The van der Waals surface area contributed by atoms with E-state index >= 15 is 0 Å². The van der Waals surface area contributed by atoms with Crippen molar-refractivity contribution in [2.45, 2.75) is 13.8 Å². The van der Waals surface area contributed by atoms with Gasteiger partial charge in [0.25, 0.3) is 11.8 Å². The minimum Gasteiger partial charge on any atom is -0.395 e. The molecule has 1 N–H and O–H groups in total. The summed E-state index contributed by atoms with van der Waals surface area (Å²) in [7, 11) is 0. The Morgan fingerprint density at radius 2 is 1.66 bits per heavy atom. The number of hydrogen-bond donors (Lipinski definition) is 1. The minimum absolute atomic E-state index is 0.0422. The summed E-state index contributed by atoms with van der Waals surface area (Å²) in [5.41, 5.74) is 2.44. The van der Waals surface area contributed by atoms with Crippen LogP contribution in [0, 0.1) is 25.5 Å². The summed E-state index contributed by atoms with van der Waals surface area (Å²) < 4.78 is 28.4. The van der Waals surface area contributed by atoms with Crippen molar-refractivity contribution in [1.29, 1.82) is 0 Å². The standard InChI is InChI=1S/C24H25F2N3O3/c1-15-3-5-18(16(2)13-15)21-22(28-9-7-27(8-10-28)11-12-30)24(32)29(23(21)31)20-14-17(25)4-6-19(20)26/h3-6,13-14,30H,7-12H2,1-2H3. The number of nitrogens with zero attached hydrogens (tertiary/aromatic N) is 3. The smallest absolute Gasteiger partial charge is 0.282 e. The summed E-state index contributed by atoms with van der Waals surface area (Å²) in [6.45, 7) is 6.53. The zero-order chi connectivity index (χ0) is 23.0. The van der Waals surface area contributed by atoms with Gasteiger partial charge in [0.05, 0.1) is 17.9 Å². The van der Waals surface area contributed by atoms with Gasteiger partial charge in [0.1, 0.15) is 17.3 Å². The van der Waals surface area contributed by atoms with Gasteiger partial charge in [-0.3, -0.25) is 14.5 Å². The van der Waals surface area contributed by atoms with Gasteiger partial charge in [-0.05, 0) is 37.1 Å². The molecule has 0 bridgehead atoms. The van der Waals surface area contributed by atoms with Crippen LogP contribution in [0.4, 0.5) is 14.5 Å². The van der Waals surface area contributed by atoms with Crippen LogP contribution < -0.4 is 4.90 Å². The third-order valence-corrected chi connectivity index (χ3v) is 5.96. The number of anilines is 1. The van der Waals surface area contributed by atoms with Gasteiger partial charge in [-0.1, -0.05) is 23.8 Å². The molecule has 0 atom stereocenters. The zero-order valence-corrected chi connectivity index (χ0v) is 18.1. The first-order valence-corrected chi connectivity index (χ1v) is 10.6. The molecule has 6 nitrogen and oxygen atoms in total. The molecule has 0 unspecified atom stereocenters. The van der Waals surface area contributed by atoms with E-state index in [1.54, 1.807) is 6.07 Å². The number of imide groups is 1.